The highest BCUT2D eigenvalue weighted by Gasteiger charge is 2.06. The van der Waals surface area contributed by atoms with Crippen molar-refractivity contribution in [3.05, 3.63) is 50.1 Å². The summed E-state index contributed by atoms with van der Waals surface area (Å²) >= 11 is 11.1. The summed E-state index contributed by atoms with van der Waals surface area (Å²) in [4.78, 5) is 13.1. The lowest BCUT2D eigenvalue weighted by Crippen LogP contribution is -2.11. The van der Waals surface area contributed by atoms with Crippen LogP contribution in [0.4, 0.5) is 5.69 Å². The third-order valence-electron chi connectivity index (χ3n) is 2.61. The zero-order valence-electron chi connectivity index (χ0n) is 10.2. The molecule has 1 N–H and O–H groups in total. The summed E-state index contributed by atoms with van der Waals surface area (Å²) in [7, 11) is 0. The molecule has 0 radical (unpaired) electrons. The average molecular weight is 359 g/mol. The predicted octanol–water partition coefficient (Wildman–Crippen LogP) is 5.13. The SMILES string of the molecule is O=C(CCCc1cccs1)Nc1cc(Br)ccc1Cl. The van der Waals surface area contributed by atoms with Crippen molar-refractivity contribution in [3.63, 3.8) is 0 Å². The summed E-state index contributed by atoms with van der Waals surface area (Å²) < 4.78 is 0.894. The second kappa shape index (κ2) is 7.08. The summed E-state index contributed by atoms with van der Waals surface area (Å²) in [5.41, 5.74) is 0.650. The number of thiophene rings is 1. The molecule has 0 saturated heterocycles. The van der Waals surface area contributed by atoms with Crippen LogP contribution in [0.5, 0.6) is 0 Å². The minimum atomic E-state index is -0.00319. The maximum atomic E-state index is 11.8. The number of hydrogen-bond acceptors (Lipinski definition) is 2. The van der Waals surface area contributed by atoms with Gasteiger partial charge in [-0.3, -0.25) is 4.79 Å². The number of carbonyl (C=O) groups excluding carboxylic acids is 1. The van der Waals surface area contributed by atoms with Crippen molar-refractivity contribution in [2.24, 2.45) is 0 Å². The number of nitrogens with one attached hydrogen (secondary N) is 1. The Balaban J connectivity index is 1.82. The minimum Gasteiger partial charge on any atom is -0.325 e. The van der Waals surface area contributed by atoms with Gasteiger partial charge in [-0.25, -0.2) is 0 Å². The van der Waals surface area contributed by atoms with Crippen LogP contribution in [0.3, 0.4) is 0 Å². The Labute approximate surface area is 129 Å². The van der Waals surface area contributed by atoms with E-state index in [1.165, 1.54) is 4.88 Å². The number of hydrogen-bond donors (Lipinski definition) is 1. The smallest absolute Gasteiger partial charge is 0.224 e. The molecule has 0 spiro atoms. The second-order valence-corrected chi connectivity index (χ2v) is 6.46. The molecule has 0 aliphatic carbocycles. The third kappa shape index (κ3) is 4.64. The van der Waals surface area contributed by atoms with Crippen molar-refractivity contribution in [2.75, 3.05) is 5.32 Å². The van der Waals surface area contributed by atoms with Crippen LogP contribution in [0.1, 0.15) is 17.7 Å². The highest BCUT2D eigenvalue weighted by molar-refractivity contribution is 9.10. The molecule has 2 rings (SSSR count). The van der Waals surface area contributed by atoms with Crippen LogP contribution in [0.2, 0.25) is 5.02 Å². The predicted molar refractivity (Wildman–Crippen MR) is 85.0 cm³/mol. The van der Waals surface area contributed by atoms with Gasteiger partial charge in [0.15, 0.2) is 0 Å². The summed E-state index contributed by atoms with van der Waals surface area (Å²) in [6.45, 7) is 0. The quantitative estimate of drug-likeness (QED) is 0.789. The molecule has 1 amide bonds. The highest BCUT2D eigenvalue weighted by Crippen LogP contribution is 2.25. The van der Waals surface area contributed by atoms with Gasteiger partial charge in [0.05, 0.1) is 10.7 Å². The van der Waals surface area contributed by atoms with Crippen LogP contribution in [0, 0.1) is 0 Å². The zero-order chi connectivity index (χ0) is 13.7. The third-order valence-corrected chi connectivity index (χ3v) is 4.37. The van der Waals surface area contributed by atoms with E-state index in [9.17, 15) is 4.79 Å². The standard InChI is InChI=1S/C14H13BrClNOS/c15-10-6-7-12(16)13(9-10)17-14(18)5-1-3-11-4-2-8-19-11/h2,4,6-9H,1,3,5H2,(H,17,18). The Hall–Kier alpha value is -0.840. The lowest BCUT2D eigenvalue weighted by Gasteiger charge is -2.07. The summed E-state index contributed by atoms with van der Waals surface area (Å²) in [5.74, 6) is -0.00319. The molecule has 0 aliphatic heterocycles. The maximum Gasteiger partial charge on any atom is 0.224 e. The summed E-state index contributed by atoms with van der Waals surface area (Å²) in [5, 5.41) is 5.44. The van der Waals surface area contributed by atoms with Gasteiger partial charge in [-0.1, -0.05) is 33.6 Å². The van der Waals surface area contributed by atoms with Crippen molar-refractivity contribution in [1.29, 1.82) is 0 Å². The van der Waals surface area contributed by atoms with E-state index in [0.717, 1.165) is 17.3 Å². The molecule has 1 aromatic carbocycles. The fourth-order valence-electron chi connectivity index (χ4n) is 1.68. The van der Waals surface area contributed by atoms with E-state index in [2.05, 4.69) is 32.7 Å². The van der Waals surface area contributed by atoms with Crippen LogP contribution >= 0.6 is 38.9 Å². The van der Waals surface area contributed by atoms with Gasteiger partial charge < -0.3 is 5.32 Å². The first-order chi connectivity index (χ1) is 9.15. The van der Waals surface area contributed by atoms with Crippen molar-refractivity contribution < 1.29 is 4.79 Å². The largest absolute Gasteiger partial charge is 0.325 e. The molecular weight excluding hydrogens is 346 g/mol. The van der Waals surface area contributed by atoms with Crippen LogP contribution in [-0.4, -0.2) is 5.91 Å². The maximum absolute atomic E-state index is 11.8. The van der Waals surface area contributed by atoms with E-state index in [1.807, 2.05) is 12.1 Å². The Morgan fingerprint density at radius 1 is 1.37 bits per heavy atom. The van der Waals surface area contributed by atoms with Crippen LogP contribution in [0.15, 0.2) is 40.2 Å². The molecule has 0 atom stereocenters. The first-order valence-corrected chi connectivity index (χ1v) is 7.97. The van der Waals surface area contributed by atoms with Gasteiger partial charge in [0.2, 0.25) is 5.91 Å². The monoisotopic (exact) mass is 357 g/mol. The lowest BCUT2D eigenvalue weighted by atomic mass is 10.2. The normalized spacial score (nSPS) is 10.4. The fraction of sp³-hybridized carbons (Fsp3) is 0.214. The molecule has 2 aromatic rings. The number of aryl methyl sites for hydroxylation is 1. The summed E-state index contributed by atoms with van der Waals surface area (Å²) in [6.07, 6.45) is 2.29. The van der Waals surface area contributed by atoms with E-state index in [-0.39, 0.29) is 5.91 Å². The van der Waals surface area contributed by atoms with Crippen molar-refractivity contribution >= 4 is 50.5 Å². The first kappa shape index (κ1) is 14.6. The molecule has 0 unspecified atom stereocenters. The number of rotatable bonds is 5. The molecule has 0 aliphatic rings. The molecule has 0 saturated carbocycles. The number of amides is 1. The molecule has 1 aromatic heterocycles. The van der Waals surface area contributed by atoms with E-state index >= 15 is 0 Å². The van der Waals surface area contributed by atoms with Gasteiger partial charge in [0.25, 0.3) is 0 Å². The molecule has 1 heterocycles. The first-order valence-electron chi connectivity index (χ1n) is 5.92. The van der Waals surface area contributed by atoms with E-state index in [4.69, 9.17) is 11.6 Å². The lowest BCUT2D eigenvalue weighted by molar-refractivity contribution is -0.116. The van der Waals surface area contributed by atoms with Crippen molar-refractivity contribution in [2.45, 2.75) is 19.3 Å². The van der Waals surface area contributed by atoms with Gasteiger partial charge in [0.1, 0.15) is 0 Å². The summed E-state index contributed by atoms with van der Waals surface area (Å²) in [6, 6.07) is 9.52. The molecule has 0 fully saturated rings. The van der Waals surface area contributed by atoms with Gasteiger partial charge in [-0.2, -0.15) is 0 Å². The van der Waals surface area contributed by atoms with Crippen molar-refractivity contribution in [1.82, 2.24) is 0 Å². The number of halogens is 2. The second-order valence-electron chi connectivity index (χ2n) is 4.11. The Bertz CT molecular complexity index is 557. The Morgan fingerprint density at radius 3 is 2.95 bits per heavy atom. The molecule has 19 heavy (non-hydrogen) atoms. The van der Waals surface area contributed by atoms with Crippen LogP contribution in [-0.2, 0) is 11.2 Å². The van der Waals surface area contributed by atoms with E-state index in [1.54, 1.807) is 23.5 Å². The molecule has 0 bridgehead atoms. The van der Waals surface area contributed by atoms with Gasteiger partial charge in [-0.15, -0.1) is 11.3 Å². The van der Waals surface area contributed by atoms with Crippen molar-refractivity contribution in [3.8, 4) is 0 Å². The topological polar surface area (TPSA) is 29.1 Å². The molecule has 5 heteroatoms. The number of anilines is 1. The molecule has 100 valence electrons. The van der Waals surface area contributed by atoms with Gasteiger partial charge in [-0.05, 0) is 42.5 Å². The number of carbonyl (C=O) groups is 1. The highest BCUT2D eigenvalue weighted by atomic mass is 79.9. The Kier molecular flexibility index (Phi) is 5.43. The molecule has 2 nitrogen and oxygen atoms in total. The fourth-order valence-corrected chi connectivity index (χ4v) is 2.96. The minimum absolute atomic E-state index is 0.00319. The van der Waals surface area contributed by atoms with Crippen LogP contribution < -0.4 is 5.32 Å². The van der Waals surface area contributed by atoms with E-state index < -0.39 is 0 Å². The van der Waals surface area contributed by atoms with Gasteiger partial charge >= 0.3 is 0 Å². The van der Waals surface area contributed by atoms with Crippen LogP contribution in [0.25, 0.3) is 0 Å². The Morgan fingerprint density at radius 2 is 2.21 bits per heavy atom. The van der Waals surface area contributed by atoms with Gasteiger partial charge in [0, 0.05) is 15.8 Å². The number of benzene rings is 1. The zero-order valence-corrected chi connectivity index (χ0v) is 13.3. The van der Waals surface area contributed by atoms with E-state index in [0.29, 0.717) is 17.1 Å². The molecular formula is C14H13BrClNOS. The average Bonchev–Trinajstić information content (AvgIpc) is 2.87.